The number of benzene rings is 2. The van der Waals surface area contributed by atoms with Gasteiger partial charge in [-0.25, -0.2) is 0 Å². The SMILES string of the molecule is O=C1CSc2ccc(NC(=O)c3oc4ccccc4c3CSC3CCCCC3)cc2N1. The Morgan fingerprint density at radius 3 is 2.87 bits per heavy atom. The molecule has 1 saturated carbocycles. The summed E-state index contributed by atoms with van der Waals surface area (Å²) < 4.78 is 6.00. The first-order valence-corrected chi connectivity index (χ1v) is 12.7. The molecule has 0 saturated heterocycles. The van der Waals surface area contributed by atoms with E-state index in [2.05, 4.69) is 10.6 Å². The van der Waals surface area contributed by atoms with Crippen LogP contribution >= 0.6 is 23.5 Å². The van der Waals surface area contributed by atoms with Crippen LogP contribution in [0.2, 0.25) is 0 Å². The number of para-hydroxylation sites is 1. The van der Waals surface area contributed by atoms with Crippen LogP contribution in [0.15, 0.2) is 51.8 Å². The summed E-state index contributed by atoms with van der Waals surface area (Å²) in [6.07, 6.45) is 6.43. The maximum absolute atomic E-state index is 13.2. The highest BCUT2D eigenvalue weighted by Crippen LogP contribution is 2.36. The van der Waals surface area contributed by atoms with Crippen LogP contribution in [0.4, 0.5) is 11.4 Å². The molecule has 5 nitrogen and oxygen atoms in total. The Bertz CT molecular complexity index is 1140. The van der Waals surface area contributed by atoms with Crippen molar-refractivity contribution in [1.82, 2.24) is 0 Å². The molecule has 0 atom stereocenters. The Hall–Kier alpha value is -2.38. The molecule has 3 aromatic rings. The molecule has 2 aliphatic rings. The Labute approximate surface area is 189 Å². The van der Waals surface area contributed by atoms with Crippen molar-refractivity contribution in [2.75, 3.05) is 16.4 Å². The quantitative estimate of drug-likeness (QED) is 0.476. The number of rotatable bonds is 5. The minimum atomic E-state index is -0.259. The fourth-order valence-electron chi connectivity index (χ4n) is 4.21. The number of furan rings is 1. The molecule has 2 heterocycles. The summed E-state index contributed by atoms with van der Waals surface area (Å²) in [6.45, 7) is 0. The van der Waals surface area contributed by atoms with Crippen LogP contribution in [-0.2, 0) is 10.5 Å². The lowest BCUT2D eigenvalue weighted by Crippen LogP contribution is -2.19. The number of hydrogen-bond donors (Lipinski definition) is 2. The molecule has 1 aromatic heterocycles. The highest BCUT2D eigenvalue weighted by molar-refractivity contribution is 8.00. The van der Waals surface area contributed by atoms with Crippen molar-refractivity contribution < 1.29 is 14.0 Å². The van der Waals surface area contributed by atoms with Gasteiger partial charge in [0.15, 0.2) is 5.76 Å². The van der Waals surface area contributed by atoms with Gasteiger partial charge in [0.25, 0.3) is 5.91 Å². The summed E-state index contributed by atoms with van der Waals surface area (Å²) in [5.41, 5.74) is 3.07. The van der Waals surface area contributed by atoms with Crippen molar-refractivity contribution in [3.8, 4) is 0 Å². The van der Waals surface area contributed by atoms with Crippen LogP contribution in [-0.4, -0.2) is 22.8 Å². The second kappa shape index (κ2) is 9.01. The van der Waals surface area contributed by atoms with Crippen LogP contribution in [0, 0.1) is 0 Å². The number of carbonyl (C=O) groups excluding carboxylic acids is 2. The van der Waals surface area contributed by atoms with Crippen molar-refractivity contribution in [2.24, 2.45) is 0 Å². The van der Waals surface area contributed by atoms with Crippen molar-refractivity contribution in [3.63, 3.8) is 0 Å². The molecule has 31 heavy (non-hydrogen) atoms. The summed E-state index contributed by atoms with van der Waals surface area (Å²) in [4.78, 5) is 25.9. The molecule has 160 valence electrons. The third kappa shape index (κ3) is 4.48. The molecule has 0 spiro atoms. The lowest BCUT2D eigenvalue weighted by atomic mass is 10.0. The fourth-order valence-corrected chi connectivity index (χ4v) is 6.35. The Kier molecular flexibility index (Phi) is 5.96. The third-order valence-electron chi connectivity index (χ3n) is 5.79. The first-order chi connectivity index (χ1) is 15.2. The number of amides is 2. The third-order valence-corrected chi connectivity index (χ3v) is 8.26. The van der Waals surface area contributed by atoms with Gasteiger partial charge < -0.3 is 15.1 Å². The molecule has 1 aliphatic heterocycles. The molecule has 0 radical (unpaired) electrons. The Balaban J connectivity index is 1.39. The molecule has 0 bridgehead atoms. The van der Waals surface area contributed by atoms with Crippen molar-refractivity contribution in [2.45, 2.75) is 48.0 Å². The normalized spacial score (nSPS) is 16.7. The predicted octanol–water partition coefficient (Wildman–Crippen LogP) is 6.30. The van der Waals surface area contributed by atoms with Crippen LogP contribution in [0.1, 0.15) is 48.2 Å². The number of carbonyl (C=O) groups is 2. The van der Waals surface area contributed by atoms with Crippen molar-refractivity contribution >= 4 is 57.7 Å². The lowest BCUT2D eigenvalue weighted by molar-refractivity contribution is -0.113. The zero-order valence-electron chi connectivity index (χ0n) is 17.1. The molecular weight excluding hydrogens is 428 g/mol. The Morgan fingerprint density at radius 1 is 1.16 bits per heavy atom. The summed E-state index contributed by atoms with van der Waals surface area (Å²) in [5.74, 6) is 1.27. The van der Waals surface area contributed by atoms with Crippen molar-refractivity contribution in [3.05, 3.63) is 53.8 Å². The minimum Gasteiger partial charge on any atom is -0.451 e. The standard InChI is InChI=1S/C24H24N2O3S2/c27-22-14-31-21-11-10-15(12-19(21)26-22)25-24(28)23-18(13-30-16-6-2-1-3-7-16)17-8-4-5-9-20(17)29-23/h4-5,8-12,16H,1-3,6-7,13-14H2,(H,25,28)(H,26,27). The van der Waals surface area contributed by atoms with Gasteiger partial charge in [0, 0.05) is 32.5 Å². The summed E-state index contributed by atoms with van der Waals surface area (Å²) in [6, 6.07) is 13.4. The Morgan fingerprint density at radius 2 is 2.00 bits per heavy atom. The summed E-state index contributed by atoms with van der Waals surface area (Å²) >= 11 is 3.44. The fraction of sp³-hybridized carbons (Fsp3) is 0.333. The molecule has 2 aromatic carbocycles. The molecule has 7 heteroatoms. The first-order valence-electron chi connectivity index (χ1n) is 10.7. The van der Waals surface area contributed by atoms with E-state index in [1.165, 1.54) is 43.9 Å². The number of anilines is 2. The van der Waals surface area contributed by atoms with Crippen LogP contribution in [0.25, 0.3) is 11.0 Å². The second-order valence-corrected chi connectivity index (χ2v) is 10.3. The smallest absolute Gasteiger partial charge is 0.291 e. The topological polar surface area (TPSA) is 71.3 Å². The summed E-state index contributed by atoms with van der Waals surface area (Å²) in [5, 5.41) is 7.48. The molecule has 1 aliphatic carbocycles. The van der Waals surface area contributed by atoms with E-state index < -0.39 is 0 Å². The van der Waals surface area contributed by atoms with Gasteiger partial charge in [-0.05, 0) is 37.1 Å². The second-order valence-electron chi connectivity index (χ2n) is 7.98. The largest absolute Gasteiger partial charge is 0.451 e. The van der Waals surface area contributed by atoms with Gasteiger partial charge >= 0.3 is 0 Å². The van der Waals surface area contributed by atoms with Gasteiger partial charge in [0.2, 0.25) is 5.91 Å². The maximum atomic E-state index is 13.2. The van der Waals surface area contributed by atoms with Gasteiger partial charge in [0.05, 0.1) is 11.4 Å². The highest BCUT2D eigenvalue weighted by atomic mass is 32.2. The average Bonchev–Trinajstić information content (AvgIpc) is 3.17. The number of hydrogen-bond acceptors (Lipinski definition) is 5. The maximum Gasteiger partial charge on any atom is 0.291 e. The van der Waals surface area contributed by atoms with E-state index in [1.54, 1.807) is 6.07 Å². The van der Waals surface area contributed by atoms with E-state index in [-0.39, 0.29) is 11.8 Å². The summed E-state index contributed by atoms with van der Waals surface area (Å²) in [7, 11) is 0. The van der Waals surface area contributed by atoms with Crippen LogP contribution in [0.5, 0.6) is 0 Å². The molecule has 5 rings (SSSR count). The zero-order valence-corrected chi connectivity index (χ0v) is 18.7. The molecule has 2 amide bonds. The van der Waals surface area contributed by atoms with Crippen LogP contribution < -0.4 is 10.6 Å². The minimum absolute atomic E-state index is 0.0275. The first kappa shape index (κ1) is 20.5. The highest BCUT2D eigenvalue weighted by Gasteiger charge is 2.23. The van der Waals surface area contributed by atoms with E-state index in [9.17, 15) is 9.59 Å². The van der Waals surface area contributed by atoms with E-state index >= 15 is 0 Å². The van der Waals surface area contributed by atoms with Gasteiger partial charge in [-0.3, -0.25) is 9.59 Å². The molecular formula is C24H24N2O3S2. The zero-order chi connectivity index (χ0) is 21.2. The van der Waals surface area contributed by atoms with E-state index in [1.807, 2.05) is 48.2 Å². The van der Waals surface area contributed by atoms with Gasteiger partial charge in [-0.1, -0.05) is 37.5 Å². The van der Waals surface area contributed by atoms with Crippen molar-refractivity contribution in [1.29, 1.82) is 0 Å². The van der Waals surface area contributed by atoms with Gasteiger partial charge in [-0.2, -0.15) is 11.8 Å². The number of fused-ring (bicyclic) bond motifs is 2. The molecule has 2 N–H and O–H groups in total. The number of thioether (sulfide) groups is 2. The molecule has 0 unspecified atom stereocenters. The number of nitrogens with one attached hydrogen (secondary N) is 2. The average molecular weight is 453 g/mol. The van der Waals surface area contributed by atoms with E-state index in [4.69, 9.17) is 4.42 Å². The van der Waals surface area contributed by atoms with E-state index in [0.717, 1.165) is 32.9 Å². The van der Waals surface area contributed by atoms with E-state index in [0.29, 0.717) is 22.5 Å². The monoisotopic (exact) mass is 452 g/mol. The van der Waals surface area contributed by atoms with Crippen LogP contribution in [0.3, 0.4) is 0 Å². The lowest BCUT2D eigenvalue weighted by Gasteiger charge is -2.21. The molecule has 1 fully saturated rings. The van der Waals surface area contributed by atoms with Gasteiger partial charge in [0.1, 0.15) is 5.58 Å². The van der Waals surface area contributed by atoms with Gasteiger partial charge in [-0.15, -0.1) is 11.8 Å². The predicted molar refractivity (Wildman–Crippen MR) is 128 cm³/mol.